The van der Waals surface area contributed by atoms with E-state index in [4.69, 9.17) is 4.74 Å². The summed E-state index contributed by atoms with van der Waals surface area (Å²) in [4.78, 5) is 13.2. The van der Waals surface area contributed by atoms with Gasteiger partial charge in [0.1, 0.15) is 33.0 Å². The van der Waals surface area contributed by atoms with Crippen LogP contribution >= 0.6 is 11.3 Å². The molecule has 0 radical (unpaired) electrons. The number of hydrogen-bond acceptors (Lipinski definition) is 7. The van der Waals surface area contributed by atoms with Crippen LogP contribution in [0.3, 0.4) is 0 Å². The minimum Gasteiger partial charge on any atom is -0.471 e. The summed E-state index contributed by atoms with van der Waals surface area (Å²) < 4.78 is 49.4. The fourth-order valence-electron chi connectivity index (χ4n) is 4.11. The van der Waals surface area contributed by atoms with Gasteiger partial charge in [0.05, 0.1) is 5.52 Å². The van der Waals surface area contributed by atoms with E-state index in [2.05, 4.69) is 39.0 Å². The van der Waals surface area contributed by atoms with Crippen LogP contribution in [0, 0.1) is 6.92 Å². The van der Waals surface area contributed by atoms with Gasteiger partial charge in [-0.25, -0.2) is 24.1 Å². The Morgan fingerprint density at radius 3 is 2.57 bits per heavy atom. The van der Waals surface area contributed by atoms with Gasteiger partial charge in [-0.3, -0.25) is 0 Å². The second-order valence-corrected chi connectivity index (χ2v) is 9.97. The molecule has 188 valence electrons. The van der Waals surface area contributed by atoms with Crippen molar-refractivity contribution in [3.8, 4) is 17.3 Å². The first kappa shape index (κ1) is 23.3. The van der Waals surface area contributed by atoms with Crippen molar-refractivity contribution in [2.24, 2.45) is 0 Å². The zero-order valence-electron chi connectivity index (χ0n) is 20.0. The maximum absolute atomic E-state index is 13.3. The monoisotopic (exact) mass is 523 g/mol. The number of alkyl halides is 3. The molecule has 0 atom stereocenters. The molecule has 0 bridgehead atoms. The fraction of sp³-hybridized carbons (Fsp3) is 0.240. The Morgan fingerprint density at radius 2 is 1.84 bits per heavy atom. The quantitative estimate of drug-likeness (QED) is 0.266. The molecule has 12 heteroatoms. The smallest absolute Gasteiger partial charge is 0.433 e. The molecule has 5 aromatic heterocycles. The number of rotatable bonds is 5. The molecule has 1 aromatic carbocycles. The Kier molecular flexibility index (Phi) is 5.37. The molecule has 6 aromatic rings. The highest BCUT2D eigenvalue weighted by Crippen LogP contribution is 2.38. The van der Waals surface area contributed by atoms with E-state index in [0.29, 0.717) is 44.2 Å². The zero-order chi connectivity index (χ0) is 25.9. The van der Waals surface area contributed by atoms with Gasteiger partial charge >= 0.3 is 6.18 Å². The number of pyridine rings is 1. The van der Waals surface area contributed by atoms with Gasteiger partial charge in [-0.2, -0.15) is 18.3 Å². The van der Waals surface area contributed by atoms with Gasteiger partial charge in [0.15, 0.2) is 12.4 Å². The number of aryl methyl sites for hydroxylation is 1. The van der Waals surface area contributed by atoms with Gasteiger partial charge in [-0.15, -0.1) is 16.4 Å². The molecule has 0 N–H and O–H groups in total. The number of halogens is 3. The lowest BCUT2D eigenvalue weighted by atomic mass is 10.0. The number of benzene rings is 1. The predicted octanol–water partition coefficient (Wildman–Crippen LogP) is 6.24. The number of hydrogen-bond donors (Lipinski definition) is 0. The SMILES string of the molecule is Cc1cc(C(F)(F)F)nc2sc3c(ncn4nc(-c5ccn(COc6ccc(C(C)C)cc6)n5)nc34)c12. The van der Waals surface area contributed by atoms with E-state index < -0.39 is 11.9 Å². The number of fused-ring (bicyclic) bond motifs is 5. The third-order valence-corrected chi connectivity index (χ3v) is 7.10. The Labute approximate surface area is 212 Å². The molecule has 0 fully saturated rings. The average molecular weight is 524 g/mol. The molecule has 37 heavy (non-hydrogen) atoms. The van der Waals surface area contributed by atoms with Gasteiger partial charge in [0, 0.05) is 11.6 Å². The van der Waals surface area contributed by atoms with E-state index in [0.717, 1.165) is 23.2 Å². The minimum atomic E-state index is -4.53. The van der Waals surface area contributed by atoms with E-state index in [1.807, 2.05) is 24.3 Å². The topological polar surface area (TPSA) is 83.0 Å². The van der Waals surface area contributed by atoms with Crippen molar-refractivity contribution in [2.75, 3.05) is 0 Å². The van der Waals surface area contributed by atoms with Crippen LogP contribution in [0.4, 0.5) is 13.2 Å². The number of thiophene rings is 1. The summed E-state index contributed by atoms with van der Waals surface area (Å²) in [6.07, 6.45) is -1.26. The van der Waals surface area contributed by atoms with Gasteiger partial charge in [0.2, 0.25) is 5.82 Å². The second kappa shape index (κ2) is 8.51. The van der Waals surface area contributed by atoms with E-state index in [1.165, 1.54) is 16.4 Å². The summed E-state index contributed by atoms with van der Waals surface area (Å²) >= 11 is 1.12. The van der Waals surface area contributed by atoms with Crippen LogP contribution in [-0.2, 0) is 12.9 Å². The molecular weight excluding hydrogens is 503 g/mol. The number of nitrogens with zero attached hydrogens (tertiary/aromatic N) is 7. The van der Waals surface area contributed by atoms with Crippen LogP contribution in [0.5, 0.6) is 5.75 Å². The van der Waals surface area contributed by atoms with Crippen molar-refractivity contribution in [2.45, 2.75) is 39.6 Å². The van der Waals surface area contributed by atoms with Crippen LogP contribution in [0.1, 0.15) is 36.6 Å². The van der Waals surface area contributed by atoms with Crippen molar-refractivity contribution in [3.05, 3.63) is 65.7 Å². The number of ether oxygens (including phenoxy) is 1. The van der Waals surface area contributed by atoms with Gasteiger partial charge in [0.25, 0.3) is 0 Å². The lowest BCUT2D eigenvalue weighted by Crippen LogP contribution is -2.07. The third-order valence-electron chi connectivity index (χ3n) is 6.04. The fourth-order valence-corrected chi connectivity index (χ4v) is 5.28. The molecule has 0 saturated carbocycles. The summed E-state index contributed by atoms with van der Waals surface area (Å²) in [5, 5.41) is 9.57. The largest absolute Gasteiger partial charge is 0.471 e. The highest BCUT2D eigenvalue weighted by Gasteiger charge is 2.33. The molecule has 0 aliphatic heterocycles. The van der Waals surface area contributed by atoms with Crippen molar-refractivity contribution >= 4 is 37.4 Å². The summed E-state index contributed by atoms with van der Waals surface area (Å²) in [6.45, 7) is 6.11. The molecule has 0 unspecified atom stereocenters. The van der Waals surface area contributed by atoms with E-state index in [9.17, 15) is 13.2 Å². The van der Waals surface area contributed by atoms with Crippen LogP contribution < -0.4 is 4.74 Å². The zero-order valence-corrected chi connectivity index (χ0v) is 20.8. The van der Waals surface area contributed by atoms with E-state index >= 15 is 0 Å². The van der Waals surface area contributed by atoms with Gasteiger partial charge in [-0.1, -0.05) is 26.0 Å². The van der Waals surface area contributed by atoms with Crippen molar-refractivity contribution < 1.29 is 17.9 Å². The van der Waals surface area contributed by atoms with E-state index in [-0.39, 0.29) is 11.6 Å². The maximum Gasteiger partial charge on any atom is 0.433 e. The maximum atomic E-state index is 13.3. The molecule has 0 amide bonds. The molecule has 5 heterocycles. The predicted molar refractivity (Wildman–Crippen MR) is 134 cm³/mol. The summed E-state index contributed by atoms with van der Waals surface area (Å²) in [7, 11) is 0. The molecule has 6 rings (SSSR count). The van der Waals surface area contributed by atoms with Crippen molar-refractivity contribution in [3.63, 3.8) is 0 Å². The summed E-state index contributed by atoms with van der Waals surface area (Å²) in [5.74, 6) is 1.55. The Balaban J connectivity index is 1.31. The van der Waals surface area contributed by atoms with Crippen LogP contribution in [0.2, 0.25) is 0 Å². The molecule has 0 aliphatic rings. The first-order valence-corrected chi connectivity index (χ1v) is 12.3. The first-order valence-electron chi connectivity index (χ1n) is 11.5. The molecule has 8 nitrogen and oxygen atoms in total. The van der Waals surface area contributed by atoms with Gasteiger partial charge in [-0.05, 0) is 48.2 Å². The third kappa shape index (κ3) is 4.16. The first-order chi connectivity index (χ1) is 17.7. The average Bonchev–Trinajstić information content (AvgIpc) is 3.58. The highest BCUT2D eigenvalue weighted by atomic mass is 32.1. The standard InChI is InChI=1S/C25H20F3N7OS/c1-13(2)15-4-6-16(7-5-15)36-12-34-9-8-17(32-34)22-31-23-21-20(29-11-35(23)33-22)19-14(3)10-18(25(26,27)28)30-24(19)37-21/h4-11,13H,12H2,1-3H3. The second-order valence-electron chi connectivity index (χ2n) is 8.97. The lowest BCUT2D eigenvalue weighted by molar-refractivity contribution is -0.141. The minimum absolute atomic E-state index is 0.211. The Morgan fingerprint density at radius 1 is 1.05 bits per heavy atom. The Hall–Kier alpha value is -4.06. The molecule has 0 saturated heterocycles. The summed E-state index contributed by atoms with van der Waals surface area (Å²) in [6, 6.07) is 10.8. The van der Waals surface area contributed by atoms with Crippen molar-refractivity contribution in [1.82, 2.24) is 34.3 Å². The van der Waals surface area contributed by atoms with Crippen LogP contribution in [0.15, 0.2) is 48.9 Å². The van der Waals surface area contributed by atoms with Gasteiger partial charge < -0.3 is 4.74 Å². The van der Waals surface area contributed by atoms with Crippen LogP contribution in [-0.4, -0.2) is 34.3 Å². The van der Waals surface area contributed by atoms with E-state index in [1.54, 1.807) is 23.9 Å². The summed E-state index contributed by atoms with van der Waals surface area (Å²) in [5.41, 5.74) is 2.33. The molecule has 0 spiro atoms. The number of aromatic nitrogens is 7. The molecule has 0 aliphatic carbocycles. The molecular formula is C25H20F3N7OS. The van der Waals surface area contributed by atoms with Crippen molar-refractivity contribution in [1.29, 1.82) is 0 Å². The normalized spacial score (nSPS) is 12.4. The lowest BCUT2D eigenvalue weighted by Gasteiger charge is -2.08. The highest BCUT2D eigenvalue weighted by molar-refractivity contribution is 7.26. The van der Waals surface area contributed by atoms with Crippen LogP contribution in [0.25, 0.3) is 37.6 Å². The Bertz CT molecular complexity index is 1770.